The Hall–Kier alpha value is -1.84. The minimum Gasteiger partial charge on any atom is -0.326 e. The summed E-state index contributed by atoms with van der Waals surface area (Å²) in [5.41, 5.74) is 9.51. The Labute approximate surface area is 144 Å². The van der Waals surface area contributed by atoms with Crippen molar-refractivity contribution in [3.63, 3.8) is 0 Å². The fourth-order valence-electron chi connectivity index (χ4n) is 2.36. The van der Waals surface area contributed by atoms with Gasteiger partial charge in [0.2, 0.25) is 0 Å². The summed E-state index contributed by atoms with van der Waals surface area (Å²) >= 11 is 0. The minimum absolute atomic E-state index is 0. The Morgan fingerprint density at radius 1 is 1.00 bits per heavy atom. The van der Waals surface area contributed by atoms with E-state index in [1.54, 1.807) is 11.9 Å². The smallest absolute Gasteiger partial charge is 0.258 e. The highest BCUT2D eigenvalue weighted by Crippen LogP contribution is 2.18. The number of hydrogen-bond acceptors (Lipinski definition) is 2. The van der Waals surface area contributed by atoms with Crippen LogP contribution in [0.5, 0.6) is 0 Å². The zero-order valence-electron chi connectivity index (χ0n) is 13.8. The van der Waals surface area contributed by atoms with Crippen molar-refractivity contribution in [1.29, 1.82) is 0 Å². The molecule has 0 aliphatic carbocycles. The first-order valence-corrected chi connectivity index (χ1v) is 7.81. The lowest BCUT2D eigenvalue weighted by atomic mass is 10.1. The molecule has 0 saturated carbocycles. The second-order valence-electron chi connectivity index (χ2n) is 5.54. The summed E-state index contributed by atoms with van der Waals surface area (Å²) in [7, 11) is 1.81. The van der Waals surface area contributed by atoms with E-state index in [0.717, 1.165) is 17.7 Å². The Balaban J connectivity index is 0.00000264. The van der Waals surface area contributed by atoms with Crippen molar-refractivity contribution < 1.29 is 4.79 Å². The quantitative estimate of drug-likeness (QED) is 0.862. The van der Waals surface area contributed by atoms with Gasteiger partial charge in [-0.15, -0.1) is 12.4 Å². The molecule has 0 aliphatic rings. The third kappa shape index (κ3) is 5.08. The normalized spacial score (nSPS) is 10.0. The van der Waals surface area contributed by atoms with Crippen LogP contribution in [0.2, 0.25) is 0 Å². The highest BCUT2D eigenvalue weighted by Gasteiger charge is 2.13. The highest BCUT2D eigenvalue weighted by molar-refractivity contribution is 6.05. The summed E-state index contributed by atoms with van der Waals surface area (Å²) < 4.78 is 0. The first-order valence-electron chi connectivity index (χ1n) is 7.81. The van der Waals surface area contributed by atoms with Gasteiger partial charge < -0.3 is 10.6 Å². The molecule has 2 N–H and O–H groups in total. The number of anilines is 1. The molecule has 0 bridgehead atoms. The fourth-order valence-corrected chi connectivity index (χ4v) is 2.36. The predicted molar refractivity (Wildman–Crippen MR) is 99.4 cm³/mol. The molecule has 0 aromatic heterocycles. The maximum absolute atomic E-state index is 12.5. The van der Waals surface area contributed by atoms with Crippen LogP contribution >= 0.6 is 12.4 Å². The molecule has 23 heavy (non-hydrogen) atoms. The molecule has 2 rings (SSSR count). The number of halogens is 1. The summed E-state index contributed by atoms with van der Waals surface area (Å²) in [6.45, 7) is 2.68. The molecule has 0 atom stereocenters. The summed E-state index contributed by atoms with van der Waals surface area (Å²) in [4.78, 5) is 14.2. The van der Waals surface area contributed by atoms with Crippen LogP contribution in [0.3, 0.4) is 0 Å². The van der Waals surface area contributed by atoms with Gasteiger partial charge in [-0.05, 0) is 48.2 Å². The average Bonchev–Trinajstić information content (AvgIpc) is 2.59. The minimum atomic E-state index is -0.00937. The van der Waals surface area contributed by atoms with Crippen LogP contribution < -0.4 is 10.6 Å². The number of unbranched alkanes of at least 4 members (excludes halogenated alkanes) is 1. The van der Waals surface area contributed by atoms with Crippen molar-refractivity contribution in [2.24, 2.45) is 5.73 Å². The summed E-state index contributed by atoms with van der Waals surface area (Å²) in [5, 5.41) is 0. The molecule has 0 saturated heterocycles. The number of hydrogen-bond donors (Lipinski definition) is 1. The lowest BCUT2D eigenvalue weighted by molar-refractivity contribution is 0.0993. The second kappa shape index (κ2) is 9.33. The second-order valence-corrected chi connectivity index (χ2v) is 5.54. The van der Waals surface area contributed by atoms with Crippen molar-refractivity contribution in [1.82, 2.24) is 0 Å². The molecular formula is C19H25ClN2O. The van der Waals surface area contributed by atoms with Crippen molar-refractivity contribution in [2.75, 3.05) is 11.9 Å². The van der Waals surface area contributed by atoms with Gasteiger partial charge in [0.15, 0.2) is 0 Å². The lowest BCUT2D eigenvalue weighted by Crippen LogP contribution is -2.26. The topological polar surface area (TPSA) is 46.3 Å². The summed E-state index contributed by atoms with van der Waals surface area (Å²) in [5.74, 6) is -0.00937. The summed E-state index contributed by atoms with van der Waals surface area (Å²) in [6, 6.07) is 15.7. The van der Waals surface area contributed by atoms with Gasteiger partial charge in [-0.25, -0.2) is 0 Å². The van der Waals surface area contributed by atoms with Gasteiger partial charge in [0.25, 0.3) is 5.91 Å². The van der Waals surface area contributed by atoms with Crippen LogP contribution in [-0.2, 0) is 13.0 Å². The summed E-state index contributed by atoms with van der Waals surface area (Å²) in [6.07, 6.45) is 3.48. The number of rotatable bonds is 6. The monoisotopic (exact) mass is 332 g/mol. The van der Waals surface area contributed by atoms with E-state index in [2.05, 4.69) is 19.1 Å². The molecular weight excluding hydrogens is 308 g/mol. The first kappa shape index (κ1) is 19.2. The van der Waals surface area contributed by atoms with Gasteiger partial charge >= 0.3 is 0 Å². The number of nitrogens with two attached hydrogens (primary N) is 1. The van der Waals surface area contributed by atoms with Crippen LogP contribution in [0.4, 0.5) is 5.69 Å². The van der Waals surface area contributed by atoms with Gasteiger partial charge in [-0.1, -0.05) is 37.6 Å². The maximum Gasteiger partial charge on any atom is 0.258 e. The van der Waals surface area contributed by atoms with E-state index in [1.807, 2.05) is 36.4 Å². The zero-order valence-corrected chi connectivity index (χ0v) is 14.6. The maximum atomic E-state index is 12.5. The standard InChI is InChI=1S/C19H24N2O.ClH/c1-3-4-5-15-8-12-18(13-9-15)21(2)19(22)17-10-6-16(14-20)7-11-17;/h6-13H,3-5,14,20H2,1-2H3;1H. The SMILES string of the molecule is CCCCc1ccc(N(C)C(=O)c2ccc(CN)cc2)cc1.Cl. The van der Waals surface area contributed by atoms with E-state index in [4.69, 9.17) is 5.73 Å². The van der Waals surface area contributed by atoms with Gasteiger partial charge in [-0.2, -0.15) is 0 Å². The highest BCUT2D eigenvalue weighted by atomic mass is 35.5. The lowest BCUT2D eigenvalue weighted by Gasteiger charge is -2.18. The number of benzene rings is 2. The number of nitrogens with zero attached hydrogens (tertiary/aromatic N) is 1. The van der Waals surface area contributed by atoms with Crippen LogP contribution in [0.25, 0.3) is 0 Å². The van der Waals surface area contributed by atoms with E-state index in [9.17, 15) is 4.79 Å². The van der Waals surface area contributed by atoms with E-state index < -0.39 is 0 Å². The average molecular weight is 333 g/mol. The third-order valence-electron chi connectivity index (χ3n) is 3.88. The van der Waals surface area contributed by atoms with Crippen LogP contribution in [-0.4, -0.2) is 13.0 Å². The van der Waals surface area contributed by atoms with Crippen molar-refractivity contribution in [2.45, 2.75) is 32.7 Å². The fraction of sp³-hybridized carbons (Fsp3) is 0.316. The van der Waals surface area contributed by atoms with Crippen LogP contribution in [0.15, 0.2) is 48.5 Å². The molecule has 0 fully saturated rings. The number of carbonyl (C=O) groups excluding carboxylic acids is 1. The van der Waals surface area contributed by atoms with Gasteiger partial charge in [0.1, 0.15) is 0 Å². The Morgan fingerprint density at radius 3 is 2.09 bits per heavy atom. The Kier molecular flexibility index (Phi) is 7.79. The van der Waals surface area contributed by atoms with Gasteiger partial charge in [-0.3, -0.25) is 4.79 Å². The van der Waals surface area contributed by atoms with E-state index in [0.29, 0.717) is 12.1 Å². The number of amides is 1. The zero-order chi connectivity index (χ0) is 15.9. The van der Waals surface area contributed by atoms with E-state index >= 15 is 0 Å². The predicted octanol–water partition coefficient (Wildman–Crippen LogP) is 4.19. The molecule has 3 nitrogen and oxygen atoms in total. The molecule has 4 heteroatoms. The molecule has 0 unspecified atom stereocenters. The number of carbonyl (C=O) groups is 1. The van der Waals surface area contributed by atoms with Gasteiger partial charge in [0, 0.05) is 24.8 Å². The van der Waals surface area contributed by atoms with Crippen molar-refractivity contribution >= 4 is 24.0 Å². The Morgan fingerprint density at radius 2 is 1.57 bits per heavy atom. The Bertz CT molecular complexity index is 608. The van der Waals surface area contributed by atoms with Crippen LogP contribution in [0.1, 0.15) is 41.3 Å². The molecule has 1 amide bonds. The molecule has 0 radical (unpaired) electrons. The molecule has 2 aromatic carbocycles. The van der Waals surface area contributed by atoms with Crippen molar-refractivity contribution in [3.8, 4) is 0 Å². The first-order chi connectivity index (χ1) is 10.7. The molecule has 2 aromatic rings. The van der Waals surface area contributed by atoms with Crippen LogP contribution in [0, 0.1) is 0 Å². The molecule has 0 aliphatic heterocycles. The van der Waals surface area contributed by atoms with E-state index in [-0.39, 0.29) is 18.3 Å². The number of aryl methyl sites for hydroxylation is 1. The molecule has 124 valence electrons. The van der Waals surface area contributed by atoms with Crippen molar-refractivity contribution in [3.05, 3.63) is 65.2 Å². The van der Waals surface area contributed by atoms with Gasteiger partial charge in [0.05, 0.1) is 0 Å². The third-order valence-corrected chi connectivity index (χ3v) is 3.88. The largest absolute Gasteiger partial charge is 0.326 e. The van der Waals surface area contributed by atoms with E-state index in [1.165, 1.54) is 18.4 Å². The molecule has 0 heterocycles. The molecule has 0 spiro atoms.